The first kappa shape index (κ1) is 32.4. The predicted molar refractivity (Wildman–Crippen MR) is 166 cm³/mol. The highest BCUT2D eigenvalue weighted by atomic mass is 19.1. The number of aliphatic hydroxyl groups excluding tert-OH is 1. The smallest absolute Gasteiger partial charge is 0.225 e. The third kappa shape index (κ3) is 8.32. The lowest BCUT2D eigenvalue weighted by Gasteiger charge is -2.37. The van der Waals surface area contributed by atoms with E-state index in [0.29, 0.717) is 68.4 Å². The standard InChI is InChI=1S/C31H46F2N8O2/c1-5-39(3)16-17-40(4)30(43)21-6-11-24(12-7-21)41-29(36-20(2)35-23-9-13-25(42)14-10-23)28(19-34)38-31(41)37-27-15-8-22(32)18-26(27)33/h8,15,18-19,21,23-25,35,42H,2,5-7,9-14,16-17,34H2,1,3-4H3,(H,37,38)/b28-19+,36-29+/t21-,23-,24+,25-. The van der Waals surface area contributed by atoms with E-state index >= 15 is 0 Å². The van der Waals surface area contributed by atoms with E-state index in [4.69, 9.17) is 10.7 Å². The summed E-state index contributed by atoms with van der Waals surface area (Å²) in [6.07, 6.45) is 6.86. The number of hydrogen-bond acceptors (Lipinski definition) is 8. The second-order valence-electron chi connectivity index (χ2n) is 11.8. The van der Waals surface area contributed by atoms with Crippen LogP contribution in [0.15, 0.2) is 52.5 Å². The van der Waals surface area contributed by atoms with Gasteiger partial charge in [-0.2, -0.15) is 0 Å². The minimum atomic E-state index is -0.747. The molecule has 2 fully saturated rings. The molecule has 2 aliphatic carbocycles. The van der Waals surface area contributed by atoms with Gasteiger partial charge in [0.15, 0.2) is 5.84 Å². The molecule has 0 aromatic heterocycles. The second kappa shape index (κ2) is 14.8. The van der Waals surface area contributed by atoms with Gasteiger partial charge in [0.1, 0.15) is 23.2 Å². The number of aliphatic hydroxyl groups is 1. The van der Waals surface area contributed by atoms with Crippen LogP contribution in [0.4, 0.5) is 14.5 Å². The number of aliphatic imine (C=N–C) groups is 2. The van der Waals surface area contributed by atoms with Crippen LogP contribution in [0.3, 0.4) is 0 Å². The van der Waals surface area contributed by atoms with Crippen molar-refractivity contribution in [3.63, 3.8) is 0 Å². The molecule has 1 heterocycles. The molecule has 0 spiro atoms. The van der Waals surface area contributed by atoms with Crippen LogP contribution < -0.4 is 16.4 Å². The number of anilines is 1. The Hall–Kier alpha value is -3.51. The van der Waals surface area contributed by atoms with E-state index in [1.165, 1.54) is 18.3 Å². The Balaban J connectivity index is 1.52. The molecule has 1 amide bonds. The highest BCUT2D eigenvalue weighted by Gasteiger charge is 2.38. The van der Waals surface area contributed by atoms with E-state index < -0.39 is 11.6 Å². The summed E-state index contributed by atoms with van der Waals surface area (Å²) in [6, 6.07) is 3.37. The SMILES string of the molecule is C=C(/N=C1\C(=C/N)N=C(Nc2ccc(F)cc2F)N1[C@H]1CC[C@@H](C(=O)N(C)CCN(C)CC)CC1)N[C@H]1CC[C@H](O)CC1. The molecule has 12 heteroatoms. The summed E-state index contributed by atoms with van der Waals surface area (Å²) >= 11 is 0. The molecule has 1 aromatic rings. The van der Waals surface area contributed by atoms with Gasteiger partial charge in [0.25, 0.3) is 0 Å². The molecule has 3 aliphatic rings. The molecule has 4 rings (SSSR count). The number of amidine groups is 1. The van der Waals surface area contributed by atoms with E-state index in [-0.39, 0.29) is 35.7 Å². The Kier molecular flexibility index (Phi) is 11.1. The van der Waals surface area contributed by atoms with Crippen molar-refractivity contribution in [1.82, 2.24) is 20.0 Å². The minimum absolute atomic E-state index is 0.0722. The maximum atomic E-state index is 14.7. The zero-order chi connectivity index (χ0) is 31.1. The van der Waals surface area contributed by atoms with E-state index in [9.17, 15) is 18.7 Å². The van der Waals surface area contributed by atoms with Crippen LogP contribution in [0.2, 0.25) is 0 Å². The van der Waals surface area contributed by atoms with Crippen molar-refractivity contribution in [2.45, 2.75) is 76.5 Å². The Bertz CT molecular complexity index is 1240. The van der Waals surface area contributed by atoms with Crippen LogP contribution in [0, 0.1) is 17.6 Å². The van der Waals surface area contributed by atoms with Gasteiger partial charge in [-0.3, -0.25) is 9.69 Å². The number of benzene rings is 1. The number of nitrogens with one attached hydrogen (secondary N) is 2. The first-order valence-corrected chi connectivity index (χ1v) is 15.3. The number of nitrogens with zero attached hydrogens (tertiary/aromatic N) is 5. The largest absolute Gasteiger partial charge is 0.403 e. The maximum absolute atomic E-state index is 14.7. The minimum Gasteiger partial charge on any atom is -0.403 e. The van der Waals surface area contributed by atoms with Crippen molar-refractivity contribution in [2.24, 2.45) is 21.6 Å². The number of carbonyl (C=O) groups excluding carboxylic acids is 1. The topological polar surface area (TPSA) is 122 Å². The Labute approximate surface area is 253 Å². The second-order valence-corrected chi connectivity index (χ2v) is 11.8. The van der Waals surface area contributed by atoms with Gasteiger partial charge in [-0.15, -0.1) is 0 Å². The Morgan fingerprint density at radius 1 is 1.16 bits per heavy atom. The van der Waals surface area contributed by atoms with Crippen molar-refractivity contribution in [2.75, 3.05) is 39.0 Å². The number of guanidine groups is 1. The molecule has 0 unspecified atom stereocenters. The Morgan fingerprint density at radius 3 is 2.49 bits per heavy atom. The highest BCUT2D eigenvalue weighted by Crippen LogP contribution is 2.33. The summed E-state index contributed by atoms with van der Waals surface area (Å²) in [5.74, 6) is -0.127. The molecule has 0 saturated heterocycles. The van der Waals surface area contributed by atoms with Gasteiger partial charge in [-0.05, 0) is 77.1 Å². The lowest BCUT2D eigenvalue weighted by Crippen LogP contribution is -2.48. The van der Waals surface area contributed by atoms with Gasteiger partial charge in [-0.25, -0.2) is 18.8 Å². The predicted octanol–water partition coefficient (Wildman–Crippen LogP) is 3.58. The van der Waals surface area contributed by atoms with E-state index in [1.807, 2.05) is 23.9 Å². The summed E-state index contributed by atoms with van der Waals surface area (Å²) in [5.41, 5.74) is 6.46. The lowest BCUT2D eigenvalue weighted by atomic mass is 9.84. The zero-order valence-corrected chi connectivity index (χ0v) is 25.5. The van der Waals surface area contributed by atoms with Gasteiger partial charge >= 0.3 is 0 Å². The summed E-state index contributed by atoms with van der Waals surface area (Å²) in [5, 5.41) is 16.2. The van der Waals surface area contributed by atoms with Gasteiger partial charge in [0.2, 0.25) is 11.9 Å². The number of nitrogens with two attached hydrogens (primary N) is 1. The maximum Gasteiger partial charge on any atom is 0.225 e. The molecule has 10 nitrogen and oxygen atoms in total. The van der Waals surface area contributed by atoms with Crippen molar-refractivity contribution in [3.8, 4) is 0 Å². The van der Waals surface area contributed by atoms with Crippen LogP contribution in [0.1, 0.15) is 58.3 Å². The fourth-order valence-electron chi connectivity index (χ4n) is 5.91. The average Bonchev–Trinajstić information content (AvgIpc) is 3.34. The van der Waals surface area contributed by atoms with Crippen molar-refractivity contribution in [3.05, 3.63) is 54.1 Å². The molecule has 2 saturated carbocycles. The molecule has 1 aliphatic heterocycles. The number of rotatable bonds is 10. The van der Waals surface area contributed by atoms with Crippen LogP contribution in [-0.2, 0) is 4.79 Å². The van der Waals surface area contributed by atoms with Crippen LogP contribution in [0.25, 0.3) is 0 Å². The van der Waals surface area contributed by atoms with Crippen LogP contribution >= 0.6 is 0 Å². The van der Waals surface area contributed by atoms with E-state index in [0.717, 1.165) is 32.0 Å². The molecule has 0 bridgehead atoms. The normalized spacial score (nSPS) is 26.1. The number of halogens is 2. The number of likely N-dealkylation sites (N-methyl/N-ethyl adjacent to an activating group) is 2. The van der Waals surface area contributed by atoms with Crippen LogP contribution in [-0.4, -0.2) is 89.4 Å². The van der Waals surface area contributed by atoms with Crippen LogP contribution in [0.5, 0.6) is 0 Å². The van der Waals surface area contributed by atoms with E-state index in [2.05, 4.69) is 34.0 Å². The average molecular weight is 601 g/mol. The van der Waals surface area contributed by atoms with Crippen molar-refractivity contribution >= 4 is 23.4 Å². The number of carbonyl (C=O) groups is 1. The quantitative estimate of drug-likeness (QED) is 0.324. The summed E-state index contributed by atoms with van der Waals surface area (Å²) in [4.78, 5) is 28.5. The summed E-state index contributed by atoms with van der Waals surface area (Å²) < 4.78 is 28.3. The molecule has 0 atom stereocenters. The first-order valence-electron chi connectivity index (χ1n) is 15.3. The summed E-state index contributed by atoms with van der Waals surface area (Å²) in [7, 11) is 3.90. The van der Waals surface area contributed by atoms with Crippen molar-refractivity contribution < 1.29 is 18.7 Å². The molecule has 5 N–H and O–H groups in total. The third-order valence-electron chi connectivity index (χ3n) is 8.70. The fourth-order valence-corrected chi connectivity index (χ4v) is 5.91. The first-order chi connectivity index (χ1) is 20.6. The van der Waals surface area contributed by atoms with Crippen molar-refractivity contribution in [1.29, 1.82) is 0 Å². The Morgan fingerprint density at radius 2 is 1.86 bits per heavy atom. The molecule has 236 valence electrons. The third-order valence-corrected chi connectivity index (χ3v) is 8.70. The van der Waals surface area contributed by atoms with Gasteiger partial charge in [0, 0.05) is 50.4 Å². The highest BCUT2D eigenvalue weighted by molar-refractivity contribution is 6.18. The monoisotopic (exact) mass is 600 g/mol. The number of hydrogen-bond donors (Lipinski definition) is 4. The van der Waals surface area contributed by atoms with Gasteiger partial charge in [0.05, 0.1) is 11.8 Å². The van der Waals surface area contributed by atoms with Gasteiger partial charge in [-0.1, -0.05) is 13.5 Å². The molecule has 43 heavy (non-hydrogen) atoms. The molecule has 0 radical (unpaired) electrons. The molecular formula is C31H46F2N8O2. The van der Waals surface area contributed by atoms with E-state index in [1.54, 1.807) is 0 Å². The van der Waals surface area contributed by atoms with Gasteiger partial charge < -0.3 is 31.3 Å². The lowest BCUT2D eigenvalue weighted by molar-refractivity contribution is -0.135. The number of amides is 1. The zero-order valence-electron chi connectivity index (χ0n) is 25.5. The summed E-state index contributed by atoms with van der Waals surface area (Å²) in [6.45, 7) is 8.64. The fraction of sp³-hybridized carbons (Fsp3) is 0.581. The molecular weight excluding hydrogens is 554 g/mol. The molecule has 1 aromatic carbocycles.